The van der Waals surface area contributed by atoms with Crippen LogP contribution >= 0.6 is 0 Å². The van der Waals surface area contributed by atoms with Crippen molar-refractivity contribution in [2.24, 2.45) is 0 Å². The fourth-order valence-electron chi connectivity index (χ4n) is 1.27. The van der Waals surface area contributed by atoms with Gasteiger partial charge < -0.3 is 20.1 Å². The Labute approximate surface area is 86.6 Å². The first-order chi connectivity index (χ1) is 7.11. The highest BCUT2D eigenvalue weighted by atomic mass is 19.1. The third-order valence-corrected chi connectivity index (χ3v) is 2.08. The molecule has 2 unspecified atom stereocenters. The molecule has 0 spiro atoms. The van der Waals surface area contributed by atoms with E-state index in [0.717, 1.165) is 6.07 Å². The minimum atomic E-state index is -1.51. The molecule has 4 nitrogen and oxygen atoms in total. The minimum Gasteiger partial charge on any atom is -0.496 e. The van der Waals surface area contributed by atoms with Crippen LogP contribution < -0.4 is 4.74 Å². The van der Waals surface area contributed by atoms with Gasteiger partial charge in [0.1, 0.15) is 23.8 Å². The highest BCUT2D eigenvalue weighted by Gasteiger charge is 2.24. The average molecular weight is 216 g/mol. The van der Waals surface area contributed by atoms with Crippen LogP contribution in [0.3, 0.4) is 0 Å². The topological polar surface area (TPSA) is 69.9 Å². The fraction of sp³-hybridized carbons (Fsp3) is 0.400. The number of aliphatic hydroxyl groups is 3. The van der Waals surface area contributed by atoms with E-state index in [1.54, 1.807) is 0 Å². The molecular formula is C10H13FO4. The summed E-state index contributed by atoms with van der Waals surface area (Å²) >= 11 is 0. The Bertz CT molecular complexity index is 329. The maximum absolute atomic E-state index is 13.4. The Morgan fingerprint density at radius 1 is 1.40 bits per heavy atom. The van der Waals surface area contributed by atoms with Crippen molar-refractivity contribution in [3.05, 3.63) is 29.6 Å². The van der Waals surface area contributed by atoms with Gasteiger partial charge >= 0.3 is 0 Å². The van der Waals surface area contributed by atoms with Crippen molar-refractivity contribution in [3.8, 4) is 5.75 Å². The molecular weight excluding hydrogens is 203 g/mol. The molecule has 84 valence electrons. The van der Waals surface area contributed by atoms with E-state index in [-0.39, 0.29) is 11.3 Å². The number of ether oxygens (including phenoxy) is 1. The Kier molecular flexibility index (Phi) is 4.02. The van der Waals surface area contributed by atoms with Gasteiger partial charge in [0.05, 0.1) is 19.3 Å². The Morgan fingerprint density at radius 3 is 2.60 bits per heavy atom. The summed E-state index contributed by atoms with van der Waals surface area (Å²) in [4.78, 5) is 0. The summed E-state index contributed by atoms with van der Waals surface area (Å²) in [5, 5.41) is 27.4. The molecule has 0 saturated heterocycles. The van der Waals surface area contributed by atoms with Crippen LogP contribution in [-0.2, 0) is 0 Å². The largest absolute Gasteiger partial charge is 0.496 e. The quantitative estimate of drug-likeness (QED) is 0.673. The van der Waals surface area contributed by atoms with Crippen LogP contribution in [0.5, 0.6) is 5.75 Å². The summed E-state index contributed by atoms with van der Waals surface area (Å²) in [7, 11) is 1.33. The molecule has 0 bridgehead atoms. The van der Waals surface area contributed by atoms with Crippen molar-refractivity contribution in [1.82, 2.24) is 0 Å². The molecule has 0 saturated carbocycles. The third kappa shape index (κ3) is 2.44. The molecule has 0 aliphatic rings. The highest BCUT2D eigenvalue weighted by Crippen LogP contribution is 2.29. The minimum absolute atomic E-state index is 0.134. The molecule has 1 rings (SSSR count). The van der Waals surface area contributed by atoms with Gasteiger partial charge in [0.25, 0.3) is 0 Å². The van der Waals surface area contributed by atoms with E-state index < -0.39 is 24.6 Å². The van der Waals surface area contributed by atoms with Crippen LogP contribution in [0.25, 0.3) is 0 Å². The molecule has 3 N–H and O–H groups in total. The molecule has 0 heterocycles. The highest BCUT2D eigenvalue weighted by molar-refractivity contribution is 5.36. The Morgan fingerprint density at radius 2 is 2.07 bits per heavy atom. The molecule has 5 heteroatoms. The van der Waals surface area contributed by atoms with Crippen molar-refractivity contribution in [2.75, 3.05) is 13.7 Å². The fourth-order valence-corrected chi connectivity index (χ4v) is 1.27. The van der Waals surface area contributed by atoms with Gasteiger partial charge in [-0.25, -0.2) is 4.39 Å². The van der Waals surface area contributed by atoms with Crippen LogP contribution in [0, 0.1) is 5.82 Å². The number of aliphatic hydroxyl groups excluding tert-OH is 3. The lowest BCUT2D eigenvalue weighted by Crippen LogP contribution is -2.23. The first-order valence-electron chi connectivity index (χ1n) is 4.41. The molecule has 0 amide bonds. The van der Waals surface area contributed by atoms with Crippen LogP contribution in [0.15, 0.2) is 18.2 Å². The normalized spacial score (nSPS) is 14.7. The van der Waals surface area contributed by atoms with Gasteiger partial charge in [0.15, 0.2) is 0 Å². The zero-order chi connectivity index (χ0) is 11.4. The molecule has 15 heavy (non-hydrogen) atoms. The zero-order valence-electron chi connectivity index (χ0n) is 8.22. The maximum atomic E-state index is 13.4. The van der Waals surface area contributed by atoms with Crippen molar-refractivity contribution in [1.29, 1.82) is 0 Å². The molecule has 0 radical (unpaired) electrons. The predicted molar refractivity (Wildman–Crippen MR) is 51.0 cm³/mol. The van der Waals surface area contributed by atoms with Gasteiger partial charge in [-0.15, -0.1) is 0 Å². The first kappa shape index (κ1) is 11.9. The monoisotopic (exact) mass is 216 g/mol. The third-order valence-electron chi connectivity index (χ3n) is 2.08. The lowest BCUT2D eigenvalue weighted by molar-refractivity contribution is -0.0178. The number of halogens is 1. The lowest BCUT2D eigenvalue weighted by atomic mass is 10.0. The van der Waals surface area contributed by atoms with Crippen molar-refractivity contribution in [3.63, 3.8) is 0 Å². The van der Waals surface area contributed by atoms with Gasteiger partial charge in [-0.2, -0.15) is 0 Å². The number of rotatable bonds is 4. The summed E-state index contributed by atoms with van der Waals surface area (Å²) < 4.78 is 18.2. The second kappa shape index (κ2) is 5.06. The summed E-state index contributed by atoms with van der Waals surface area (Å²) in [5.74, 6) is -0.552. The SMILES string of the molecule is COc1cccc(F)c1C(O)C(O)CO. The van der Waals surface area contributed by atoms with Crippen molar-refractivity contribution in [2.45, 2.75) is 12.2 Å². The van der Waals surface area contributed by atoms with E-state index in [9.17, 15) is 14.6 Å². The molecule has 0 aliphatic heterocycles. The molecule has 0 aromatic heterocycles. The lowest BCUT2D eigenvalue weighted by Gasteiger charge is -2.18. The van der Waals surface area contributed by atoms with E-state index in [4.69, 9.17) is 9.84 Å². The molecule has 2 atom stereocenters. The summed E-state index contributed by atoms with van der Waals surface area (Å²) in [6.07, 6.45) is -2.94. The smallest absolute Gasteiger partial charge is 0.132 e. The second-order valence-corrected chi connectivity index (χ2v) is 3.05. The van der Waals surface area contributed by atoms with E-state index in [1.807, 2.05) is 0 Å². The molecule has 1 aromatic rings. The summed E-state index contributed by atoms with van der Waals surface area (Å²) in [6.45, 7) is -0.654. The second-order valence-electron chi connectivity index (χ2n) is 3.05. The van der Waals surface area contributed by atoms with Crippen LogP contribution in [0.2, 0.25) is 0 Å². The van der Waals surface area contributed by atoms with Gasteiger partial charge in [0.2, 0.25) is 0 Å². The summed E-state index contributed by atoms with van der Waals surface area (Å²) in [5.41, 5.74) is -0.151. The van der Waals surface area contributed by atoms with Crippen LogP contribution in [0.1, 0.15) is 11.7 Å². The van der Waals surface area contributed by atoms with E-state index in [1.165, 1.54) is 19.2 Å². The van der Waals surface area contributed by atoms with Crippen LogP contribution in [-0.4, -0.2) is 35.1 Å². The predicted octanol–water partition coefficient (Wildman–Crippen LogP) is 0.221. The van der Waals surface area contributed by atoms with E-state index in [2.05, 4.69) is 0 Å². The van der Waals surface area contributed by atoms with Gasteiger partial charge in [-0.3, -0.25) is 0 Å². The van der Waals surface area contributed by atoms with Gasteiger partial charge in [-0.05, 0) is 12.1 Å². The first-order valence-corrected chi connectivity index (χ1v) is 4.41. The number of methoxy groups -OCH3 is 1. The van der Waals surface area contributed by atoms with Crippen molar-refractivity contribution >= 4 is 0 Å². The zero-order valence-corrected chi connectivity index (χ0v) is 8.22. The number of hydrogen-bond donors (Lipinski definition) is 3. The molecule has 1 aromatic carbocycles. The molecule has 0 aliphatic carbocycles. The Hall–Kier alpha value is -1.17. The van der Waals surface area contributed by atoms with Crippen LogP contribution in [0.4, 0.5) is 4.39 Å². The standard InChI is InChI=1S/C10H13FO4/c1-15-8-4-2-3-6(11)9(8)10(14)7(13)5-12/h2-4,7,10,12-14H,5H2,1H3. The van der Waals surface area contributed by atoms with E-state index in [0.29, 0.717) is 0 Å². The van der Waals surface area contributed by atoms with Gasteiger partial charge in [-0.1, -0.05) is 6.07 Å². The molecule has 0 fully saturated rings. The summed E-state index contributed by atoms with van der Waals surface area (Å²) in [6, 6.07) is 4.03. The maximum Gasteiger partial charge on any atom is 0.132 e. The van der Waals surface area contributed by atoms with Gasteiger partial charge in [0, 0.05) is 0 Å². The van der Waals surface area contributed by atoms with E-state index >= 15 is 0 Å². The number of benzene rings is 1. The van der Waals surface area contributed by atoms with Crippen molar-refractivity contribution < 1.29 is 24.4 Å². The number of hydrogen-bond acceptors (Lipinski definition) is 4. The Balaban J connectivity index is 3.10. The average Bonchev–Trinajstić information content (AvgIpc) is 2.26.